The summed E-state index contributed by atoms with van der Waals surface area (Å²) in [6.07, 6.45) is 0.828. The van der Waals surface area contributed by atoms with Crippen LogP contribution in [0.4, 0.5) is 0 Å². The molecule has 0 aliphatic rings. The fourth-order valence-corrected chi connectivity index (χ4v) is 1.30. The van der Waals surface area contributed by atoms with Gasteiger partial charge in [-0.2, -0.15) is 0 Å². The Morgan fingerprint density at radius 3 is 2.31 bits per heavy atom. The molecule has 0 rings (SSSR count). The molecule has 0 radical (unpaired) electrons. The molecule has 2 unspecified atom stereocenters. The van der Waals surface area contributed by atoms with Crippen LogP contribution in [-0.4, -0.2) is 42.9 Å². The zero-order valence-corrected chi connectivity index (χ0v) is 10.6. The first-order chi connectivity index (χ1) is 7.43. The summed E-state index contributed by atoms with van der Waals surface area (Å²) in [5.74, 6) is -0.463. The van der Waals surface area contributed by atoms with Crippen LogP contribution in [0.3, 0.4) is 0 Å². The Morgan fingerprint density at radius 1 is 1.38 bits per heavy atom. The second kappa shape index (κ2) is 7.22. The molecule has 94 valence electrons. The predicted molar refractivity (Wildman–Crippen MR) is 63.8 cm³/mol. The van der Waals surface area contributed by atoms with Crippen LogP contribution in [0.2, 0.25) is 0 Å². The van der Waals surface area contributed by atoms with Crippen molar-refractivity contribution in [2.45, 2.75) is 33.2 Å². The van der Waals surface area contributed by atoms with Gasteiger partial charge in [0.1, 0.15) is 0 Å². The average molecular weight is 229 g/mol. The standard InChI is InChI=1S/C11H23N3O2/c1-5-6-14(7-10(15)13-4)11(16)8(2)9(3)12/h8-9H,5-7,12H2,1-4H3,(H,13,15). The van der Waals surface area contributed by atoms with Crippen molar-refractivity contribution in [1.82, 2.24) is 10.2 Å². The van der Waals surface area contributed by atoms with Gasteiger partial charge in [-0.3, -0.25) is 9.59 Å². The van der Waals surface area contributed by atoms with E-state index in [9.17, 15) is 9.59 Å². The van der Waals surface area contributed by atoms with Crippen molar-refractivity contribution in [1.29, 1.82) is 0 Å². The van der Waals surface area contributed by atoms with Crippen LogP contribution in [0, 0.1) is 5.92 Å². The lowest BCUT2D eigenvalue weighted by Crippen LogP contribution is -2.46. The minimum Gasteiger partial charge on any atom is -0.358 e. The van der Waals surface area contributed by atoms with E-state index in [-0.39, 0.29) is 30.3 Å². The third kappa shape index (κ3) is 4.61. The molecule has 0 aromatic rings. The second-order valence-corrected chi connectivity index (χ2v) is 4.08. The van der Waals surface area contributed by atoms with Crippen LogP contribution in [0.5, 0.6) is 0 Å². The molecule has 5 nitrogen and oxygen atoms in total. The molecule has 0 heterocycles. The van der Waals surface area contributed by atoms with E-state index in [2.05, 4.69) is 5.32 Å². The first-order valence-corrected chi connectivity index (χ1v) is 5.69. The topological polar surface area (TPSA) is 75.4 Å². The fourth-order valence-electron chi connectivity index (χ4n) is 1.30. The molecule has 3 N–H and O–H groups in total. The van der Waals surface area contributed by atoms with Crippen molar-refractivity contribution in [3.8, 4) is 0 Å². The van der Waals surface area contributed by atoms with E-state index < -0.39 is 0 Å². The Kier molecular flexibility index (Phi) is 6.72. The molecule has 0 aliphatic carbocycles. The van der Waals surface area contributed by atoms with Crippen molar-refractivity contribution in [3.63, 3.8) is 0 Å². The largest absolute Gasteiger partial charge is 0.358 e. The Bertz CT molecular complexity index is 241. The summed E-state index contributed by atoms with van der Waals surface area (Å²) in [6.45, 7) is 6.26. The lowest BCUT2D eigenvalue weighted by Gasteiger charge is -2.26. The summed E-state index contributed by atoms with van der Waals surface area (Å²) in [6, 6.07) is -0.198. The molecule has 5 heteroatoms. The minimum absolute atomic E-state index is 0.0551. The van der Waals surface area contributed by atoms with Crippen molar-refractivity contribution in [2.24, 2.45) is 11.7 Å². The van der Waals surface area contributed by atoms with Gasteiger partial charge in [-0.25, -0.2) is 0 Å². The van der Waals surface area contributed by atoms with Gasteiger partial charge in [0, 0.05) is 19.6 Å². The number of nitrogens with one attached hydrogen (secondary N) is 1. The van der Waals surface area contributed by atoms with Gasteiger partial charge in [0.15, 0.2) is 0 Å². The van der Waals surface area contributed by atoms with Crippen LogP contribution in [-0.2, 0) is 9.59 Å². The summed E-state index contributed by atoms with van der Waals surface area (Å²) in [4.78, 5) is 24.8. The number of carbonyl (C=O) groups is 2. The van der Waals surface area contributed by atoms with E-state index >= 15 is 0 Å². The molecule has 0 spiro atoms. The molecular weight excluding hydrogens is 206 g/mol. The average Bonchev–Trinajstić information content (AvgIpc) is 2.26. The van der Waals surface area contributed by atoms with Crippen molar-refractivity contribution < 1.29 is 9.59 Å². The van der Waals surface area contributed by atoms with E-state index in [1.54, 1.807) is 25.8 Å². The predicted octanol–water partition coefficient (Wildman–Crippen LogP) is -0.0457. The van der Waals surface area contributed by atoms with Gasteiger partial charge in [0.2, 0.25) is 11.8 Å². The van der Waals surface area contributed by atoms with Crippen molar-refractivity contribution >= 4 is 11.8 Å². The van der Waals surface area contributed by atoms with Crippen LogP contribution in [0.25, 0.3) is 0 Å². The molecule has 0 saturated heterocycles. The van der Waals surface area contributed by atoms with Crippen molar-refractivity contribution in [3.05, 3.63) is 0 Å². The summed E-state index contributed by atoms with van der Waals surface area (Å²) < 4.78 is 0. The molecule has 2 atom stereocenters. The Hall–Kier alpha value is -1.10. The number of hydrogen-bond donors (Lipinski definition) is 2. The van der Waals surface area contributed by atoms with E-state index in [0.717, 1.165) is 6.42 Å². The molecular formula is C11H23N3O2. The Balaban J connectivity index is 4.51. The fraction of sp³-hybridized carbons (Fsp3) is 0.818. The smallest absolute Gasteiger partial charge is 0.239 e. The molecule has 0 fully saturated rings. The number of hydrogen-bond acceptors (Lipinski definition) is 3. The van der Waals surface area contributed by atoms with E-state index in [1.807, 2.05) is 6.92 Å². The number of likely N-dealkylation sites (N-methyl/N-ethyl adjacent to an activating group) is 1. The highest BCUT2D eigenvalue weighted by Crippen LogP contribution is 2.06. The SMILES string of the molecule is CCCN(CC(=O)NC)C(=O)C(C)C(C)N. The first kappa shape index (κ1) is 14.9. The van der Waals surface area contributed by atoms with E-state index in [4.69, 9.17) is 5.73 Å². The molecule has 0 aliphatic heterocycles. The Morgan fingerprint density at radius 2 is 1.94 bits per heavy atom. The zero-order chi connectivity index (χ0) is 12.7. The van der Waals surface area contributed by atoms with Gasteiger partial charge in [0.05, 0.1) is 12.5 Å². The van der Waals surface area contributed by atoms with Crippen LogP contribution < -0.4 is 11.1 Å². The number of carbonyl (C=O) groups excluding carboxylic acids is 2. The van der Waals surface area contributed by atoms with E-state index in [0.29, 0.717) is 6.54 Å². The number of nitrogens with zero attached hydrogens (tertiary/aromatic N) is 1. The maximum Gasteiger partial charge on any atom is 0.239 e. The van der Waals surface area contributed by atoms with Gasteiger partial charge in [-0.05, 0) is 13.3 Å². The summed E-state index contributed by atoms with van der Waals surface area (Å²) in [7, 11) is 1.56. The van der Waals surface area contributed by atoms with E-state index in [1.165, 1.54) is 0 Å². The van der Waals surface area contributed by atoms with Crippen LogP contribution in [0.1, 0.15) is 27.2 Å². The van der Waals surface area contributed by atoms with Gasteiger partial charge in [0.25, 0.3) is 0 Å². The minimum atomic E-state index is -0.254. The highest BCUT2D eigenvalue weighted by Gasteiger charge is 2.23. The number of rotatable bonds is 6. The third-order valence-corrected chi connectivity index (χ3v) is 2.60. The van der Waals surface area contributed by atoms with Crippen LogP contribution in [0.15, 0.2) is 0 Å². The second-order valence-electron chi connectivity index (χ2n) is 4.08. The van der Waals surface area contributed by atoms with Gasteiger partial charge >= 0.3 is 0 Å². The molecule has 0 saturated carbocycles. The Labute approximate surface area is 97.4 Å². The van der Waals surface area contributed by atoms with Gasteiger partial charge < -0.3 is 16.0 Å². The number of nitrogens with two attached hydrogens (primary N) is 1. The normalized spacial score (nSPS) is 14.1. The lowest BCUT2D eigenvalue weighted by molar-refractivity contribution is -0.139. The summed E-state index contributed by atoms with van der Waals surface area (Å²) >= 11 is 0. The van der Waals surface area contributed by atoms with Gasteiger partial charge in [-0.1, -0.05) is 13.8 Å². The molecule has 0 aromatic heterocycles. The molecule has 0 bridgehead atoms. The lowest BCUT2D eigenvalue weighted by atomic mass is 10.0. The summed E-state index contributed by atoms with van der Waals surface area (Å²) in [5, 5.41) is 2.51. The number of amides is 2. The van der Waals surface area contributed by atoms with Crippen LogP contribution >= 0.6 is 0 Å². The molecule has 0 aromatic carbocycles. The zero-order valence-electron chi connectivity index (χ0n) is 10.6. The first-order valence-electron chi connectivity index (χ1n) is 5.69. The molecule has 2 amide bonds. The quantitative estimate of drug-likeness (QED) is 0.671. The highest BCUT2D eigenvalue weighted by atomic mass is 16.2. The molecule has 16 heavy (non-hydrogen) atoms. The third-order valence-electron chi connectivity index (χ3n) is 2.60. The summed E-state index contributed by atoms with van der Waals surface area (Å²) in [5.41, 5.74) is 5.69. The maximum absolute atomic E-state index is 12.0. The van der Waals surface area contributed by atoms with Crippen molar-refractivity contribution in [2.75, 3.05) is 20.1 Å². The monoisotopic (exact) mass is 229 g/mol. The highest BCUT2D eigenvalue weighted by molar-refractivity contribution is 5.85. The van der Waals surface area contributed by atoms with Gasteiger partial charge in [-0.15, -0.1) is 0 Å². The maximum atomic E-state index is 12.0.